The maximum atomic E-state index is 14.6. The zero-order valence-electron chi connectivity index (χ0n) is 21.6. The Morgan fingerprint density at radius 1 is 0.657 bits per heavy atom. The molecule has 0 N–H and O–H groups in total. The van der Waals surface area contributed by atoms with Crippen molar-refractivity contribution in [2.75, 3.05) is 6.61 Å². The largest absolute Gasteiger partial charge is 0.491 e. The summed E-state index contributed by atoms with van der Waals surface area (Å²) in [6, 6.07) is 13.6. The van der Waals surface area contributed by atoms with E-state index < -0.39 is 0 Å². The third-order valence-electron chi connectivity index (χ3n) is 6.45. The van der Waals surface area contributed by atoms with Gasteiger partial charge < -0.3 is 4.74 Å². The van der Waals surface area contributed by atoms with Gasteiger partial charge >= 0.3 is 0 Å². The van der Waals surface area contributed by atoms with Crippen LogP contribution in [0.15, 0.2) is 54.9 Å². The van der Waals surface area contributed by atoms with E-state index in [9.17, 15) is 4.39 Å². The molecule has 0 amide bonds. The van der Waals surface area contributed by atoms with Crippen molar-refractivity contribution >= 4 is 0 Å². The van der Waals surface area contributed by atoms with Crippen LogP contribution < -0.4 is 4.74 Å². The molecule has 0 aliphatic carbocycles. The number of ether oxygens (including phenoxy) is 1. The van der Waals surface area contributed by atoms with Gasteiger partial charge in [-0.2, -0.15) is 0 Å². The van der Waals surface area contributed by atoms with Crippen molar-refractivity contribution in [1.82, 2.24) is 9.97 Å². The molecule has 2 aromatic carbocycles. The number of unbranched alkanes of at least 4 members (excludes halogenated alkanes) is 9. The van der Waals surface area contributed by atoms with Gasteiger partial charge in [0.05, 0.1) is 30.4 Å². The summed E-state index contributed by atoms with van der Waals surface area (Å²) in [5, 5.41) is 0. The molecule has 0 bridgehead atoms. The van der Waals surface area contributed by atoms with E-state index in [-0.39, 0.29) is 5.82 Å². The Hall–Kier alpha value is -2.75. The van der Waals surface area contributed by atoms with E-state index in [0.717, 1.165) is 30.5 Å². The molecule has 0 saturated carbocycles. The number of benzene rings is 2. The van der Waals surface area contributed by atoms with Crippen LogP contribution in [0.3, 0.4) is 0 Å². The van der Waals surface area contributed by atoms with Crippen LogP contribution in [0.5, 0.6) is 5.75 Å². The van der Waals surface area contributed by atoms with Crippen molar-refractivity contribution in [1.29, 1.82) is 0 Å². The van der Waals surface area contributed by atoms with Gasteiger partial charge in [0.15, 0.2) is 11.6 Å². The minimum Gasteiger partial charge on any atom is -0.491 e. The zero-order valence-corrected chi connectivity index (χ0v) is 21.6. The first kappa shape index (κ1) is 26.8. The predicted molar refractivity (Wildman–Crippen MR) is 144 cm³/mol. The van der Waals surface area contributed by atoms with Gasteiger partial charge in [0.2, 0.25) is 0 Å². The minimum absolute atomic E-state index is 0.305. The smallest absolute Gasteiger partial charge is 0.165 e. The van der Waals surface area contributed by atoms with Crippen LogP contribution in [-0.2, 0) is 6.42 Å². The summed E-state index contributed by atoms with van der Waals surface area (Å²) in [5.74, 6) is -0.0510. The molecule has 1 heterocycles. The Morgan fingerprint density at radius 2 is 1.23 bits per heavy atom. The second kappa shape index (κ2) is 15.3. The molecule has 0 unspecified atom stereocenters. The van der Waals surface area contributed by atoms with Gasteiger partial charge in [0.25, 0.3) is 0 Å². The highest BCUT2D eigenvalue weighted by atomic mass is 19.1. The highest BCUT2D eigenvalue weighted by Crippen LogP contribution is 2.26. The number of nitrogens with zero attached hydrogens (tertiary/aromatic N) is 2. The fourth-order valence-corrected chi connectivity index (χ4v) is 4.24. The van der Waals surface area contributed by atoms with Crippen LogP contribution in [0.4, 0.5) is 4.39 Å². The lowest BCUT2D eigenvalue weighted by molar-refractivity contribution is 0.290. The summed E-state index contributed by atoms with van der Waals surface area (Å²) in [6.45, 7) is 5.01. The van der Waals surface area contributed by atoms with Crippen LogP contribution in [0, 0.1) is 5.82 Å². The molecule has 4 heteroatoms. The maximum absolute atomic E-state index is 14.6. The third kappa shape index (κ3) is 9.08. The van der Waals surface area contributed by atoms with Crippen LogP contribution in [0.1, 0.15) is 90.0 Å². The first-order valence-corrected chi connectivity index (χ1v) is 13.5. The molecule has 0 atom stereocenters. The first-order chi connectivity index (χ1) is 17.2. The fraction of sp³-hybridized carbons (Fsp3) is 0.484. The molecule has 3 rings (SSSR count). The fourth-order valence-electron chi connectivity index (χ4n) is 4.24. The Balaban J connectivity index is 1.49. The summed E-state index contributed by atoms with van der Waals surface area (Å²) < 4.78 is 20.3. The van der Waals surface area contributed by atoms with Gasteiger partial charge in [-0.15, -0.1) is 0 Å². The number of aryl methyl sites for hydroxylation is 1. The standard InChI is InChI=1S/C31H41FN2O/c1-3-5-7-9-10-11-13-21-35-31-20-19-27(22-28(31)32)30-24-33-29(23-34-30)26-17-15-25(16-18-26)14-12-8-6-4-2/h15-20,22-24H,3-14,21H2,1-2H3. The van der Waals surface area contributed by atoms with E-state index in [1.807, 2.05) is 6.07 Å². The molecule has 35 heavy (non-hydrogen) atoms. The lowest BCUT2D eigenvalue weighted by atomic mass is 10.0. The van der Waals surface area contributed by atoms with Gasteiger partial charge in [-0.25, -0.2) is 4.39 Å². The van der Waals surface area contributed by atoms with Gasteiger partial charge in [-0.3, -0.25) is 9.97 Å². The van der Waals surface area contributed by atoms with Crippen LogP contribution in [0.25, 0.3) is 22.5 Å². The Bertz CT molecular complexity index is 986. The van der Waals surface area contributed by atoms with Crippen molar-refractivity contribution in [3.63, 3.8) is 0 Å². The molecule has 0 aliphatic rings. The number of rotatable bonds is 16. The van der Waals surface area contributed by atoms with Gasteiger partial charge in [0, 0.05) is 11.1 Å². The SMILES string of the molecule is CCCCCCCCCOc1ccc(-c2cnc(-c3ccc(CCCCCC)cc3)cn2)cc1F. The molecule has 0 spiro atoms. The van der Waals surface area contributed by atoms with E-state index in [4.69, 9.17) is 4.74 Å². The second-order valence-electron chi connectivity index (χ2n) is 9.41. The normalized spacial score (nSPS) is 11.1. The van der Waals surface area contributed by atoms with E-state index in [2.05, 4.69) is 48.1 Å². The lowest BCUT2D eigenvalue weighted by Crippen LogP contribution is -1.99. The number of hydrogen-bond acceptors (Lipinski definition) is 3. The summed E-state index contributed by atoms with van der Waals surface area (Å²) in [4.78, 5) is 9.11. The minimum atomic E-state index is -0.356. The molecule has 0 fully saturated rings. The Morgan fingerprint density at radius 3 is 1.86 bits per heavy atom. The molecule has 188 valence electrons. The average Bonchev–Trinajstić information content (AvgIpc) is 2.89. The number of halogens is 1. The lowest BCUT2D eigenvalue weighted by Gasteiger charge is -2.09. The highest BCUT2D eigenvalue weighted by molar-refractivity contribution is 5.63. The monoisotopic (exact) mass is 476 g/mol. The van der Waals surface area contributed by atoms with Gasteiger partial charge in [-0.1, -0.05) is 95.9 Å². The molecule has 0 saturated heterocycles. The van der Waals surface area contributed by atoms with Crippen molar-refractivity contribution in [3.05, 3.63) is 66.2 Å². The highest BCUT2D eigenvalue weighted by Gasteiger charge is 2.09. The topological polar surface area (TPSA) is 35.0 Å². The summed E-state index contributed by atoms with van der Waals surface area (Å²) in [5.41, 5.74) is 4.58. The molecular formula is C31H41FN2O. The molecular weight excluding hydrogens is 435 g/mol. The van der Waals surface area contributed by atoms with E-state index >= 15 is 0 Å². The number of hydrogen-bond donors (Lipinski definition) is 0. The van der Waals surface area contributed by atoms with Crippen molar-refractivity contribution in [2.24, 2.45) is 0 Å². The van der Waals surface area contributed by atoms with Gasteiger partial charge in [-0.05, 0) is 43.0 Å². The quantitative estimate of drug-likeness (QED) is 0.193. The summed E-state index contributed by atoms with van der Waals surface area (Å²) in [6.07, 6.45) is 18.2. The van der Waals surface area contributed by atoms with Crippen molar-refractivity contribution in [3.8, 4) is 28.3 Å². The average molecular weight is 477 g/mol. The molecule has 1 aromatic heterocycles. The van der Waals surface area contributed by atoms with Crippen LogP contribution in [-0.4, -0.2) is 16.6 Å². The summed E-state index contributed by atoms with van der Waals surface area (Å²) in [7, 11) is 0. The zero-order chi connectivity index (χ0) is 24.7. The van der Waals surface area contributed by atoms with Crippen molar-refractivity contribution in [2.45, 2.75) is 90.9 Å². The molecule has 3 aromatic rings. The Labute approximate surface area is 211 Å². The predicted octanol–water partition coefficient (Wildman–Crippen LogP) is 9.20. The molecule has 0 aliphatic heterocycles. The number of aromatic nitrogens is 2. The van der Waals surface area contributed by atoms with Crippen LogP contribution >= 0.6 is 0 Å². The molecule has 3 nitrogen and oxygen atoms in total. The van der Waals surface area contributed by atoms with E-state index in [1.165, 1.54) is 69.4 Å². The third-order valence-corrected chi connectivity index (χ3v) is 6.45. The first-order valence-electron chi connectivity index (χ1n) is 13.5. The Kier molecular flexibility index (Phi) is 11.7. The maximum Gasteiger partial charge on any atom is 0.165 e. The van der Waals surface area contributed by atoms with Crippen LogP contribution in [0.2, 0.25) is 0 Å². The summed E-state index contributed by atoms with van der Waals surface area (Å²) >= 11 is 0. The van der Waals surface area contributed by atoms with E-state index in [0.29, 0.717) is 23.6 Å². The van der Waals surface area contributed by atoms with Crippen molar-refractivity contribution < 1.29 is 9.13 Å². The molecule has 0 radical (unpaired) electrons. The van der Waals surface area contributed by atoms with E-state index in [1.54, 1.807) is 18.5 Å². The van der Waals surface area contributed by atoms with Gasteiger partial charge in [0.1, 0.15) is 0 Å². The second-order valence-corrected chi connectivity index (χ2v) is 9.41.